The number of ketones is 1. The molecule has 1 aliphatic carbocycles. The summed E-state index contributed by atoms with van der Waals surface area (Å²) < 4.78 is 33.5. The van der Waals surface area contributed by atoms with E-state index < -0.39 is 10.0 Å². The second kappa shape index (κ2) is 11.9. The van der Waals surface area contributed by atoms with E-state index in [1.807, 2.05) is 16.9 Å². The van der Waals surface area contributed by atoms with E-state index in [9.17, 15) is 13.2 Å². The maximum absolute atomic E-state index is 12.5. The van der Waals surface area contributed by atoms with E-state index in [2.05, 4.69) is 47.6 Å². The Bertz CT molecular complexity index is 1860. The number of pyridine rings is 1. The van der Waals surface area contributed by atoms with Gasteiger partial charge in [0.05, 0.1) is 41.0 Å². The van der Waals surface area contributed by atoms with Gasteiger partial charge < -0.3 is 15.4 Å². The molecule has 6 heterocycles. The van der Waals surface area contributed by atoms with Crippen LogP contribution in [0.25, 0.3) is 11.4 Å². The fourth-order valence-electron chi connectivity index (χ4n) is 5.41. The Morgan fingerprint density at radius 3 is 2.68 bits per heavy atom. The van der Waals surface area contributed by atoms with Crippen LogP contribution in [-0.4, -0.2) is 73.1 Å². The van der Waals surface area contributed by atoms with Crippen molar-refractivity contribution < 1.29 is 17.9 Å². The molecule has 3 aliphatic rings. The third kappa shape index (κ3) is 6.12. The van der Waals surface area contributed by atoms with Crippen LogP contribution in [0.1, 0.15) is 67.3 Å². The molecule has 0 radical (unpaired) electrons. The molecular formula is C30H31N9O4S. The predicted molar refractivity (Wildman–Crippen MR) is 160 cm³/mol. The van der Waals surface area contributed by atoms with Crippen LogP contribution in [0, 0.1) is 11.8 Å². The summed E-state index contributed by atoms with van der Waals surface area (Å²) in [7, 11) is -3.49. The third-order valence-corrected chi connectivity index (χ3v) is 10.0. The molecular weight excluding hydrogens is 582 g/mol. The minimum Gasteiger partial charge on any atom is -0.381 e. The molecule has 0 bridgehead atoms. The van der Waals surface area contributed by atoms with Gasteiger partial charge in [0.25, 0.3) is 10.0 Å². The van der Waals surface area contributed by atoms with Crippen molar-refractivity contribution in [2.75, 3.05) is 25.1 Å². The molecule has 2 N–H and O–H groups in total. The van der Waals surface area contributed by atoms with E-state index >= 15 is 0 Å². The molecule has 2 saturated heterocycles. The molecule has 1 atom stereocenters. The third-order valence-electron chi connectivity index (χ3n) is 7.98. The van der Waals surface area contributed by atoms with Gasteiger partial charge in [0.15, 0.2) is 5.82 Å². The van der Waals surface area contributed by atoms with Gasteiger partial charge in [-0.2, -0.15) is 14.3 Å². The Morgan fingerprint density at radius 2 is 1.86 bits per heavy atom. The number of carbonyl (C=O) groups is 1. The van der Waals surface area contributed by atoms with Crippen molar-refractivity contribution in [2.45, 2.75) is 55.9 Å². The molecule has 0 amide bonds. The van der Waals surface area contributed by atoms with E-state index in [4.69, 9.17) is 4.74 Å². The number of carbonyl (C=O) groups excluding carboxylic acids is 1. The quantitative estimate of drug-likeness (QED) is 0.295. The molecule has 0 aromatic carbocycles. The number of nitrogens with one attached hydrogen (secondary N) is 2. The Kier molecular flexibility index (Phi) is 7.67. The topological polar surface area (TPSA) is 159 Å². The number of aromatic nitrogens is 7. The number of piperidine rings is 1. The zero-order valence-electron chi connectivity index (χ0n) is 23.9. The van der Waals surface area contributed by atoms with Crippen LogP contribution in [0.4, 0.5) is 11.6 Å². The summed E-state index contributed by atoms with van der Waals surface area (Å²) in [4.78, 5) is 25.8. The first-order valence-electron chi connectivity index (χ1n) is 14.7. The molecule has 226 valence electrons. The molecule has 2 aliphatic heterocycles. The number of rotatable bonds is 7. The minimum absolute atomic E-state index is 0.196. The van der Waals surface area contributed by atoms with Gasteiger partial charge in [0, 0.05) is 62.8 Å². The Balaban J connectivity index is 1.14. The molecule has 44 heavy (non-hydrogen) atoms. The van der Waals surface area contributed by atoms with Crippen LogP contribution < -0.4 is 10.6 Å². The average molecular weight is 614 g/mol. The van der Waals surface area contributed by atoms with Crippen molar-refractivity contribution >= 4 is 27.4 Å². The fraction of sp³-hybridized carbons (Fsp3) is 0.400. The van der Waals surface area contributed by atoms with Crippen LogP contribution in [0.15, 0.2) is 49.3 Å². The average Bonchev–Trinajstić information content (AvgIpc) is 3.60. The van der Waals surface area contributed by atoms with Gasteiger partial charge in [-0.05, 0) is 43.4 Å². The van der Waals surface area contributed by atoms with E-state index in [0.29, 0.717) is 66.9 Å². The van der Waals surface area contributed by atoms with Gasteiger partial charge in [0.2, 0.25) is 0 Å². The molecule has 7 rings (SSSR count). The summed E-state index contributed by atoms with van der Waals surface area (Å²) >= 11 is 0. The summed E-state index contributed by atoms with van der Waals surface area (Å²) in [5.74, 6) is 7.99. The number of Topliss-reactive ketones (excluding diaryl/α,β-unsaturated/α-hetero) is 1. The van der Waals surface area contributed by atoms with Crippen LogP contribution in [-0.2, 0) is 19.6 Å². The van der Waals surface area contributed by atoms with Crippen molar-refractivity contribution in [3.05, 3.63) is 66.0 Å². The van der Waals surface area contributed by atoms with Gasteiger partial charge in [0.1, 0.15) is 17.4 Å². The second-order valence-electron chi connectivity index (χ2n) is 11.2. The van der Waals surface area contributed by atoms with E-state index in [-0.39, 0.29) is 17.1 Å². The van der Waals surface area contributed by atoms with E-state index in [1.54, 1.807) is 24.7 Å². The van der Waals surface area contributed by atoms with Crippen LogP contribution in [0.5, 0.6) is 0 Å². The van der Waals surface area contributed by atoms with Crippen LogP contribution in [0.2, 0.25) is 0 Å². The summed E-state index contributed by atoms with van der Waals surface area (Å²) in [6, 6.07) is 3.69. The predicted octanol–water partition coefficient (Wildman–Crippen LogP) is 2.76. The second-order valence-corrected chi connectivity index (χ2v) is 13.3. The highest BCUT2D eigenvalue weighted by Gasteiger charge is 2.37. The van der Waals surface area contributed by atoms with Crippen molar-refractivity contribution in [2.24, 2.45) is 0 Å². The molecule has 1 unspecified atom stereocenters. The maximum atomic E-state index is 12.5. The molecule has 14 heteroatoms. The van der Waals surface area contributed by atoms with Crippen molar-refractivity contribution in [1.82, 2.24) is 39.2 Å². The summed E-state index contributed by atoms with van der Waals surface area (Å²) in [5, 5.41) is 14.8. The van der Waals surface area contributed by atoms with Crippen molar-refractivity contribution in [3.8, 4) is 23.2 Å². The maximum Gasteiger partial charge on any atom is 0.256 e. The molecule has 4 aromatic rings. The van der Waals surface area contributed by atoms with Crippen molar-refractivity contribution in [3.63, 3.8) is 0 Å². The zero-order valence-corrected chi connectivity index (χ0v) is 24.7. The van der Waals surface area contributed by atoms with Gasteiger partial charge in [-0.15, -0.1) is 0 Å². The molecule has 13 nitrogen and oxygen atoms in total. The number of nitrogens with zero attached hydrogens (tertiary/aromatic N) is 7. The normalized spacial score (nSPS) is 19.4. The standard InChI is InChI=1S/C30H31N9O4S/c40-24-5-9-31-27(13-24)26-14-29(33-16-21(26)2-1-20-15-34-38(18-20)23-7-11-43-12-8-23)36-28-6-10-32-30(37-28)22-17-35-39(19-22)44(41,42)25-3-4-25/h6,10,14-19,23,25,27,31H,3-5,7-9,11-13H2,(H,32,33,36,37). The lowest BCUT2D eigenvalue weighted by molar-refractivity contribution is -0.120. The van der Waals surface area contributed by atoms with Gasteiger partial charge >= 0.3 is 0 Å². The lowest BCUT2D eigenvalue weighted by Gasteiger charge is -2.24. The Labute approximate surface area is 254 Å². The number of anilines is 2. The van der Waals surface area contributed by atoms with Gasteiger partial charge in [-0.1, -0.05) is 11.8 Å². The molecule has 4 aromatic heterocycles. The number of hydrogen-bond acceptors (Lipinski definition) is 11. The lowest BCUT2D eigenvalue weighted by Crippen LogP contribution is -2.32. The smallest absolute Gasteiger partial charge is 0.256 e. The summed E-state index contributed by atoms with van der Waals surface area (Å²) in [6.07, 6.45) is 13.9. The largest absolute Gasteiger partial charge is 0.381 e. The SMILES string of the molecule is O=C1CCNC(c2cc(Nc3ccnc(-c4cnn(S(=O)(=O)C5CC5)c4)n3)ncc2C#Cc2cnn(C3CCOCC3)c2)C1. The molecule has 3 fully saturated rings. The first-order valence-corrected chi connectivity index (χ1v) is 16.2. The van der Waals surface area contributed by atoms with Crippen molar-refractivity contribution in [1.29, 1.82) is 0 Å². The highest BCUT2D eigenvalue weighted by molar-refractivity contribution is 7.90. The summed E-state index contributed by atoms with van der Waals surface area (Å²) in [6.45, 7) is 2.07. The molecule has 0 spiro atoms. The number of ether oxygens (including phenoxy) is 1. The molecule has 1 saturated carbocycles. The van der Waals surface area contributed by atoms with Gasteiger partial charge in [-0.25, -0.2) is 23.4 Å². The van der Waals surface area contributed by atoms with E-state index in [0.717, 1.165) is 41.3 Å². The van der Waals surface area contributed by atoms with Crippen LogP contribution in [0.3, 0.4) is 0 Å². The van der Waals surface area contributed by atoms with Gasteiger partial charge in [-0.3, -0.25) is 9.48 Å². The van der Waals surface area contributed by atoms with Crippen LogP contribution >= 0.6 is 0 Å². The minimum atomic E-state index is -3.49. The zero-order chi connectivity index (χ0) is 30.1. The first-order chi connectivity index (χ1) is 21.4. The Hall–Kier alpha value is -4.45. The lowest BCUT2D eigenvalue weighted by atomic mass is 9.94. The fourth-order valence-corrected chi connectivity index (χ4v) is 6.88. The monoisotopic (exact) mass is 613 g/mol. The first kappa shape index (κ1) is 28.3. The number of hydrogen-bond donors (Lipinski definition) is 2. The summed E-state index contributed by atoms with van der Waals surface area (Å²) in [5.41, 5.74) is 2.87. The highest BCUT2D eigenvalue weighted by Crippen LogP contribution is 2.31. The Morgan fingerprint density at radius 1 is 1.00 bits per heavy atom. The highest BCUT2D eigenvalue weighted by atomic mass is 32.2. The van der Waals surface area contributed by atoms with E-state index in [1.165, 1.54) is 12.4 Å².